The van der Waals surface area contributed by atoms with Crippen molar-refractivity contribution in [2.24, 2.45) is 4.99 Å². The highest BCUT2D eigenvalue weighted by Gasteiger charge is 2.14. The molecule has 0 spiro atoms. The fourth-order valence-corrected chi connectivity index (χ4v) is 3.99. The number of amidine groups is 1. The number of aliphatic imine (C=N–C) groups is 1. The van der Waals surface area contributed by atoms with Gasteiger partial charge in [0.25, 0.3) is 0 Å². The lowest BCUT2D eigenvalue weighted by atomic mass is 10.1. The van der Waals surface area contributed by atoms with Crippen molar-refractivity contribution in [2.45, 2.75) is 6.42 Å². The number of hydrogen-bond acceptors (Lipinski definition) is 2. The van der Waals surface area contributed by atoms with Crippen LogP contribution in [0.3, 0.4) is 0 Å². The van der Waals surface area contributed by atoms with Gasteiger partial charge in [0.1, 0.15) is 6.54 Å². The number of fused-ring (bicyclic) bond motifs is 3. The third-order valence-electron chi connectivity index (χ3n) is 3.68. The molecule has 2 N–H and O–H groups in total. The quantitative estimate of drug-likeness (QED) is 0.666. The molecule has 0 amide bonds. The van der Waals surface area contributed by atoms with Gasteiger partial charge in [-0.25, -0.2) is 4.99 Å². The molecule has 0 unspecified atom stereocenters. The van der Waals surface area contributed by atoms with Gasteiger partial charge in [0.15, 0.2) is 5.84 Å². The van der Waals surface area contributed by atoms with Crippen LogP contribution >= 0.6 is 11.3 Å². The summed E-state index contributed by atoms with van der Waals surface area (Å²) in [5.41, 5.74) is 1.41. The molecule has 0 radical (unpaired) electrons. The zero-order valence-electron chi connectivity index (χ0n) is 11.0. The molecule has 2 nitrogen and oxygen atoms in total. The zero-order chi connectivity index (χ0) is 12.7. The van der Waals surface area contributed by atoms with E-state index in [9.17, 15) is 0 Å². The molecule has 0 fully saturated rings. The normalized spacial score (nSPS) is 14.5. The molecule has 0 saturated carbocycles. The minimum atomic E-state index is 0. The lowest BCUT2D eigenvalue weighted by molar-refractivity contribution is -0.529. The van der Waals surface area contributed by atoms with Crippen LogP contribution in [0, 0.1) is 0 Å². The van der Waals surface area contributed by atoms with Crippen LogP contribution in [0.4, 0.5) is 0 Å². The Morgan fingerprint density at radius 3 is 2.75 bits per heavy atom. The number of nitrogens with two attached hydrogens (primary N) is 1. The van der Waals surface area contributed by atoms with E-state index in [1.165, 1.54) is 31.6 Å². The van der Waals surface area contributed by atoms with Gasteiger partial charge in [-0.3, -0.25) is 5.32 Å². The molecule has 4 rings (SSSR count). The van der Waals surface area contributed by atoms with Crippen LogP contribution in [-0.4, -0.2) is 18.9 Å². The molecule has 1 aliphatic rings. The summed E-state index contributed by atoms with van der Waals surface area (Å²) < 4.78 is 2.80. The van der Waals surface area contributed by atoms with Crippen molar-refractivity contribution in [3.63, 3.8) is 0 Å². The molecule has 4 heteroatoms. The van der Waals surface area contributed by atoms with E-state index < -0.39 is 0 Å². The summed E-state index contributed by atoms with van der Waals surface area (Å²) in [5, 5.41) is 5.03. The van der Waals surface area contributed by atoms with Crippen molar-refractivity contribution in [3.05, 3.63) is 48.0 Å². The molecule has 3 aromatic rings. The van der Waals surface area contributed by atoms with Crippen LogP contribution in [0.25, 0.3) is 20.2 Å². The van der Waals surface area contributed by atoms with Crippen LogP contribution < -0.4 is 17.7 Å². The second-order valence-corrected chi connectivity index (χ2v) is 5.99. The number of quaternary nitrogens is 1. The number of hydrogen-bond donors (Lipinski definition) is 1. The maximum absolute atomic E-state index is 4.56. The minimum Gasteiger partial charge on any atom is -1.00 e. The van der Waals surface area contributed by atoms with Gasteiger partial charge in [-0.1, -0.05) is 36.4 Å². The Morgan fingerprint density at radius 1 is 1.05 bits per heavy atom. The molecule has 20 heavy (non-hydrogen) atoms. The Labute approximate surface area is 127 Å². The molecule has 1 aromatic heterocycles. The summed E-state index contributed by atoms with van der Waals surface area (Å²) in [6.45, 7) is 2.08. The van der Waals surface area contributed by atoms with Gasteiger partial charge in [0, 0.05) is 20.2 Å². The van der Waals surface area contributed by atoms with Crippen molar-refractivity contribution in [1.29, 1.82) is 0 Å². The van der Waals surface area contributed by atoms with E-state index in [1.807, 2.05) is 11.3 Å². The van der Waals surface area contributed by atoms with Crippen LogP contribution in [0.1, 0.15) is 5.56 Å². The molecular formula is C16H15ClN2S. The average Bonchev–Trinajstić information content (AvgIpc) is 3.06. The van der Waals surface area contributed by atoms with E-state index in [0.29, 0.717) is 0 Å². The van der Waals surface area contributed by atoms with Gasteiger partial charge >= 0.3 is 0 Å². The average molecular weight is 303 g/mol. The Bertz CT molecular complexity index is 791. The summed E-state index contributed by atoms with van der Waals surface area (Å²) in [7, 11) is 0. The second-order valence-electron chi connectivity index (χ2n) is 4.93. The lowest BCUT2D eigenvalue weighted by Gasteiger charge is -2.01. The monoisotopic (exact) mass is 302 g/mol. The van der Waals surface area contributed by atoms with E-state index in [0.717, 1.165) is 19.5 Å². The smallest absolute Gasteiger partial charge is 0.199 e. The second kappa shape index (κ2) is 5.52. The molecule has 0 aliphatic carbocycles. The number of rotatable bonds is 2. The third kappa shape index (κ3) is 2.22. The summed E-state index contributed by atoms with van der Waals surface area (Å²) in [6.07, 6.45) is 0.976. The summed E-state index contributed by atoms with van der Waals surface area (Å²) in [4.78, 5) is 4.56. The molecule has 0 bridgehead atoms. The standard InChI is InChI=1S/C16H14N2S.ClH/c1-2-7-14-12(5-1)13-6-3-4-11(16(13)19-14)10-15-17-8-9-18-15;/h1-7H,8-10H2,(H,17,18);1H. The van der Waals surface area contributed by atoms with Gasteiger partial charge in [-0.15, -0.1) is 11.3 Å². The minimum absolute atomic E-state index is 0. The molecule has 0 atom stereocenters. The van der Waals surface area contributed by atoms with E-state index in [1.54, 1.807) is 0 Å². The first-order chi connectivity index (χ1) is 9.42. The SMILES string of the molecule is [Cl-].c1ccc2c(c1)sc1c(CC3=NCC[NH2+]3)cccc12. The highest BCUT2D eigenvalue weighted by molar-refractivity contribution is 7.26. The molecule has 1 aliphatic heterocycles. The van der Waals surface area contributed by atoms with E-state index in [4.69, 9.17) is 0 Å². The summed E-state index contributed by atoms with van der Waals surface area (Å²) in [6, 6.07) is 15.3. The van der Waals surface area contributed by atoms with Crippen LogP contribution in [0.5, 0.6) is 0 Å². The topological polar surface area (TPSA) is 29.0 Å². The predicted octanol–water partition coefficient (Wildman–Crippen LogP) is -0.423. The largest absolute Gasteiger partial charge is 1.00 e. The number of thiophene rings is 1. The molecule has 102 valence electrons. The van der Waals surface area contributed by atoms with Crippen molar-refractivity contribution in [2.75, 3.05) is 13.1 Å². The molecule has 0 saturated heterocycles. The van der Waals surface area contributed by atoms with Crippen LogP contribution in [0.15, 0.2) is 47.5 Å². The van der Waals surface area contributed by atoms with Gasteiger partial charge in [0.05, 0.1) is 13.0 Å². The first kappa shape index (κ1) is 13.6. The number of halogens is 1. The lowest BCUT2D eigenvalue weighted by Crippen LogP contribution is -3.00. The Morgan fingerprint density at radius 2 is 1.90 bits per heavy atom. The zero-order valence-corrected chi connectivity index (χ0v) is 12.5. The van der Waals surface area contributed by atoms with Gasteiger partial charge in [0.2, 0.25) is 0 Å². The van der Waals surface area contributed by atoms with Crippen molar-refractivity contribution >= 4 is 37.3 Å². The van der Waals surface area contributed by atoms with E-state index >= 15 is 0 Å². The maximum atomic E-state index is 4.56. The maximum Gasteiger partial charge on any atom is 0.199 e. The first-order valence-corrected chi connectivity index (χ1v) is 7.49. The van der Waals surface area contributed by atoms with E-state index in [-0.39, 0.29) is 12.4 Å². The van der Waals surface area contributed by atoms with Gasteiger partial charge in [-0.05, 0) is 11.6 Å². The fraction of sp³-hybridized carbons (Fsp3) is 0.188. The first-order valence-electron chi connectivity index (χ1n) is 6.67. The highest BCUT2D eigenvalue weighted by atomic mass is 35.5. The Kier molecular flexibility index (Phi) is 3.74. The fourth-order valence-electron chi connectivity index (χ4n) is 2.77. The molecule has 2 heterocycles. The Hall–Kier alpha value is -1.42. The van der Waals surface area contributed by atoms with Gasteiger partial charge < -0.3 is 12.4 Å². The number of benzene rings is 2. The van der Waals surface area contributed by atoms with Gasteiger partial charge in [-0.2, -0.15) is 0 Å². The predicted molar refractivity (Wildman–Crippen MR) is 82.1 cm³/mol. The highest BCUT2D eigenvalue weighted by Crippen LogP contribution is 2.35. The van der Waals surface area contributed by atoms with E-state index in [2.05, 4.69) is 52.8 Å². The summed E-state index contributed by atoms with van der Waals surface area (Å²) >= 11 is 1.90. The van der Waals surface area contributed by atoms with Crippen molar-refractivity contribution in [3.8, 4) is 0 Å². The van der Waals surface area contributed by atoms with Crippen LogP contribution in [0.2, 0.25) is 0 Å². The van der Waals surface area contributed by atoms with Crippen molar-refractivity contribution < 1.29 is 17.7 Å². The molecule has 2 aromatic carbocycles. The number of nitrogens with zero attached hydrogens (tertiary/aromatic N) is 1. The van der Waals surface area contributed by atoms with Crippen molar-refractivity contribution in [1.82, 2.24) is 0 Å². The third-order valence-corrected chi connectivity index (χ3v) is 4.94. The molecular weight excluding hydrogens is 288 g/mol. The van der Waals surface area contributed by atoms with Crippen LogP contribution in [-0.2, 0) is 6.42 Å². The summed E-state index contributed by atoms with van der Waals surface area (Å²) in [5.74, 6) is 1.25. The Balaban J connectivity index is 0.00000121.